The Morgan fingerprint density at radius 3 is 2.26 bits per heavy atom. The second kappa shape index (κ2) is 13.4. The summed E-state index contributed by atoms with van der Waals surface area (Å²) in [5.74, 6) is 0.474. The zero-order chi connectivity index (χ0) is 25.0. The molecule has 0 amide bonds. The number of aliphatic carboxylic acids is 1. The summed E-state index contributed by atoms with van der Waals surface area (Å²) in [4.78, 5) is 12.9. The number of hydrogen-bond acceptors (Lipinski definition) is 6. The first kappa shape index (κ1) is 26.1. The number of phenolic OH excluding ortho intramolecular Hbond substituents is 1. The van der Waals surface area contributed by atoms with Crippen molar-refractivity contribution in [1.29, 1.82) is 0 Å². The van der Waals surface area contributed by atoms with Gasteiger partial charge in [0.15, 0.2) is 6.61 Å². The molecule has 0 heterocycles. The summed E-state index contributed by atoms with van der Waals surface area (Å²) in [6, 6.07) is 24.2. The first-order chi connectivity index (χ1) is 16.9. The lowest BCUT2D eigenvalue weighted by atomic mass is 10.0. The molecular weight excluding hydrogens is 446 g/mol. The van der Waals surface area contributed by atoms with Crippen LogP contribution >= 0.6 is 0 Å². The van der Waals surface area contributed by atoms with Gasteiger partial charge in [-0.3, -0.25) is 4.90 Å². The summed E-state index contributed by atoms with van der Waals surface area (Å²) in [7, 11) is 0. The van der Waals surface area contributed by atoms with Gasteiger partial charge >= 0.3 is 5.97 Å². The molecule has 3 rings (SSSR count). The monoisotopic (exact) mass is 479 g/mol. The van der Waals surface area contributed by atoms with Gasteiger partial charge in [-0.2, -0.15) is 0 Å². The van der Waals surface area contributed by atoms with E-state index in [1.807, 2.05) is 54.6 Å². The van der Waals surface area contributed by atoms with Crippen LogP contribution in [0.5, 0.6) is 17.2 Å². The number of ether oxygens (including phenoxy) is 2. The van der Waals surface area contributed by atoms with Crippen molar-refractivity contribution in [2.24, 2.45) is 0 Å². The minimum Gasteiger partial charge on any atom is -0.508 e. The molecule has 0 fully saturated rings. The summed E-state index contributed by atoms with van der Waals surface area (Å²) < 4.78 is 10.9. The molecule has 0 bridgehead atoms. The van der Waals surface area contributed by atoms with E-state index in [2.05, 4.69) is 11.8 Å². The predicted molar refractivity (Wildman–Crippen MR) is 134 cm³/mol. The maximum absolute atomic E-state index is 10.7. The lowest BCUT2D eigenvalue weighted by Gasteiger charge is -2.31. The van der Waals surface area contributed by atoms with Crippen LogP contribution in [0, 0.1) is 0 Å². The Bertz CT molecular complexity index is 1040. The quantitative estimate of drug-likeness (QED) is 0.324. The summed E-state index contributed by atoms with van der Waals surface area (Å²) in [5.41, 5.74) is 1.93. The van der Waals surface area contributed by atoms with Crippen molar-refractivity contribution in [3.8, 4) is 17.2 Å². The fourth-order valence-corrected chi connectivity index (χ4v) is 3.85. The average molecular weight is 480 g/mol. The highest BCUT2D eigenvalue weighted by atomic mass is 16.5. The maximum Gasteiger partial charge on any atom is 0.341 e. The van der Waals surface area contributed by atoms with Gasteiger partial charge in [-0.15, -0.1) is 0 Å². The first-order valence-corrected chi connectivity index (χ1v) is 11.7. The standard InChI is InChI=1S/C28H33NO6/c1-21(17-22-11-13-26(14-12-22)35-20-28(32)33)29(16-15-23-7-5-6-10-27(23)31)18-24(30)19-34-25-8-3-2-4-9-25/h2-14,21,24,30-31H,15-20H2,1H3,(H,32,33). The number of carbonyl (C=O) groups is 1. The Labute approximate surface area is 206 Å². The summed E-state index contributed by atoms with van der Waals surface area (Å²) in [6.07, 6.45) is 0.686. The van der Waals surface area contributed by atoms with E-state index in [-0.39, 0.29) is 25.0 Å². The van der Waals surface area contributed by atoms with Crippen molar-refractivity contribution >= 4 is 5.97 Å². The molecule has 2 unspecified atom stereocenters. The molecule has 3 aromatic rings. The second-order valence-electron chi connectivity index (χ2n) is 8.53. The zero-order valence-corrected chi connectivity index (χ0v) is 19.9. The molecule has 0 aliphatic rings. The topological polar surface area (TPSA) is 99.5 Å². The van der Waals surface area contributed by atoms with Crippen molar-refractivity contribution in [2.75, 3.05) is 26.3 Å². The SMILES string of the molecule is CC(Cc1ccc(OCC(=O)O)cc1)N(CCc1ccccc1O)CC(O)COc1ccccc1. The van der Waals surface area contributed by atoms with E-state index in [0.717, 1.165) is 17.5 Å². The molecule has 3 aromatic carbocycles. The molecule has 0 saturated carbocycles. The number of nitrogens with zero attached hydrogens (tertiary/aromatic N) is 1. The fourth-order valence-electron chi connectivity index (χ4n) is 3.85. The van der Waals surface area contributed by atoms with E-state index in [4.69, 9.17) is 14.6 Å². The van der Waals surface area contributed by atoms with Crippen LogP contribution in [0.3, 0.4) is 0 Å². The number of aliphatic hydroxyl groups is 1. The van der Waals surface area contributed by atoms with E-state index < -0.39 is 12.1 Å². The third-order valence-electron chi connectivity index (χ3n) is 5.73. The summed E-state index contributed by atoms with van der Waals surface area (Å²) in [6.45, 7) is 2.98. The molecule has 0 radical (unpaired) electrons. The van der Waals surface area contributed by atoms with Crippen LogP contribution in [-0.4, -0.2) is 64.6 Å². The first-order valence-electron chi connectivity index (χ1n) is 11.7. The minimum absolute atomic E-state index is 0.0954. The number of para-hydroxylation sites is 2. The molecule has 0 saturated heterocycles. The lowest BCUT2D eigenvalue weighted by Crippen LogP contribution is -2.43. The highest BCUT2D eigenvalue weighted by Gasteiger charge is 2.19. The van der Waals surface area contributed by atoms with Crippen LogP contribution in [0.4, 0.5) is 0 Å². The van der Waals surface area contributed by atoms with Gasteiger partial charge in [0.2, 0.25) is 0 Å². The molecule has 0 aliphatic carbocycles. The highest BCUT2D eigenvalue weighted by Crippen LogP contribution is 2.19. The Morgan fingerprint density at radius 2 is 1.57 bits per heavy atom. The molecular formula is C28H33NO6. The van der Waals surface area contributed by atoms with E-state index in [9.17, 15) is 15.0 Å². The number of aliphatic hydroxyl groups excluding tert-OH is 1. The largest absolute Gasteiger partial charge is 0.508 e. The average Bonchev–Trinajstić information content (AvgIpc) is 2.86. The second-order valence-corrected chi connectivity index (χ2v) is 8.53. The van der Waals surface area contributed by atoms with Crippen LogP contribution in [0.15, 0.2) is 78.9 Å². The number of carboxylic acids is 1. The number of aromatic hydroxyl groups is 1. The van der Waals surface area contributed by atoms with E-state index in [1.165, 1.54) is 0 Å². The molecule has 3 N–H and O–H groups in total. The van der Waals surface area contributed by atoms with E-state index in [1.54, 1.807) is 24.3 Å². The van der Waals surface area contributed by atoms with Crippen LogP contribution < -0.4 is 9.47 Å². The van der Waals surface area contributed by atoms with E-state index >= 15 is 0 Å². The highest BCUT2D eigenvalue weighted by molar-refractivity contribution is 5.68. The van der Waals surface area contributed by atoms with Gasteiger partial charge in [-0.1, -0.05) is 48.5 Å². The predicted octanol–water partition coefficient (Wildman–Crippen LogP) is 3.77. The Balaban J connectivity index is 1.62. The Morgan fingerprint density at radius 1 is 0.914 bits per heavy atom. The number of carboxylic acid groups (broad SMARTS) is 1. The summed E-state index contributed by atoms with van der Waals surface area (Å²) >= 11 is 0. The number of hydrogen-bond donors (Lipinski definition) is 3. The molecule has 2 atom stereocenters. The lowest BCUT2D eigenvalue weighted by molar-refractivity contribution is -0.139. The molecule has 7 heteroatoms. The van der Waals surface area contributed by atoms with Crippen LogP contribution in [0.1, 0.15) is 18.1 Å². The number of phenols is 1. The van der Waals surface area contributed by atoms with E-state index in [0.29, 0.717) is 31.0 Å². The number of rotatable bonds is 14. The third-order valence-corrected chi connectivity index (χ3v) is 5.73. The smallest absolute Gasteiger partial charge is 0.341 e. The Hall–Kier alpha value is -3.55. The van der Waals surface area contributed by atoms with Crippen LogP contribution in [0.25, 0.3) is 0 Å². The fraction of sp³-hybridized carbons (Fsp3) is 0.321. The maximum atomic E-state index is 10.7. The minimum atomic E-state index is -1.02. The zero-order valence-electron chi connectivity index (χ0n) is 19.9. The molecule has 7 nitrogen and oxygen atoms in total. The van der Waals surface area contributed by atoms with Crippen molar-refractivity contribution in [1.82, 2.24) is 4.90 Å². The molecule has 35 heavy (non-hydrogen) atoms. The van der Waals surface area contributed by atoms with Gasteiger partial charge in [-0.05, 0) is 61.2 Å². The van der Waals surface area contributed by atoms with Gasteiger partial charge in [-0.25, -0.2) is 4.79 Å². The molecule has 186 valence electrons. The van der Waals surface area contributed by atoms with Gasteiger partial charge in [0.25, 0.3) is 0 Å². The van der Waals surface area contributed by atoms with Gasteiger partial charge in [0.05, 0.1) is 0 Å². The number of benzene rings is 3. The van der Waals surface area contributed by atoms with Crippen molar-refractivity contribution in [3.05, 3.63) is 90.0 Å². The molecule has 0 aromatic heterocycles. The Kier molecular flexibility index (Phi) is 9.95. The van der Waals surface area contributed by atoms with Crippen molar-refractivity contribution in [2.45, 2.75) is 31.9 Å². The van der Waals surface area contributed by atoms with Gasteiger partial charge in [0, 0.05) is 19.1 Å². The van der Waals surface area contributed by atoms with Crippen LogP contribution in [-0.2, 0) is 17.6 Å². The molecule has 0 aliphatic heterocycles. The third kappa shape index (κ3) is 8.96. The van der Waals surface area contributed by atoms with Crippen LogP contribution in [0.2, 0.25) is 0 Å². The van der Waals surface area contributed by atoms with Crippen molar-refractivity contribution in [3.63, 3.8) is 0 Å². The normalized spacial score (nSPS) is 12.8. The van der Waals surface area contributed by atoms with Gasteiger partial charge in [0.1, 0.15) is 30.0 Å². The van der Waals surface area contributed by atoms with Crippen molar-refractivity contribution < 1.29 is 29.6 Å². The van der Waals surface area contributed by atoms with Gasteiger partial charge < -0.3 is 24.8 Å². The molecule has 0 spiro atoms. The summed E-state index contributed by atoms with van der Waals surface area (Å²) in [5, 5.41) is 29.6.